The molecule has 6 nitrogen and oxygen atoms in total. The molecular formula is C30H33ClN2O4. The van der Waals surface area contributed by atoms with Gasteiger partial charge in [-0.3, -0.25) is 4.79 Å². The summed E-state index contributed by atoms with van der Waals surface area (Å²) in [5, 5.41) is 15.0. The number of nitrogens with one attached hydrogen (secondary N) is 1. The van der Waals surface area contributed by atoms with E-state index >= 15 is 0 Å². The highest BCUT2D eigenvalue weighted by Gasteiger charge is 2.39. The summed E-state index contributed by atoms with van der Waals surface area (Å²) in [4.78, 5) is 15.5. The van der Waals surface area contributed by atoms with Gasteiger partial charge in [0, 0.05) is 29.7 Å². The van der Waals surface area contributed by atoms with Gasteiger partial charge in [-0.25, -0.2) is 0 Å². The number of hydrogen-bond donors (Lipinski definition) is 2. The molecule has 2 heterocycles. The molecule has 1 saturated heterocycles. The standard InChI is InChI=1S/C30H33ClN2O4/c1-18(2)37-27-15-25-20(13-26(27)36-4)14-28(34)33(29(25)19-5-9-23(31)10-6-19)24-11-7-21(8-12-24)30(3,35)22-16-32-17-22/h5-13,15,18,22,29,32,35H,14,16-17H2,1-4H3. The van der Waals surface area contributed by atoms with E-state index in [2.05, 4.69) is 5.32 Å². The van der Waals surface area contributed by atoms with Gasteiger partial charge in [0.05, 0.1) is 31.3 Å². The lowest BCUT2D eigenvalue weighted by Crippen LogP contribution is -2.52. The molecule has 5 rings (SSSR count). The van der Waals surface area contributed by atoms with Gasteiger partial charge in [0.15, 0.2) is 11.5 Å². The Morgan fingerprint density at radius 2 is 1.73 bits per heavy atom. The molecule has 0 aromatic heterocycles. The summed E-state index contributed by atoms with van der Waals surface area (Å²) in [6.07, 6.45) is 0.207. The van der Waals surface area contributed by atoms with Gasteiger partial charge >= 0.3 is 0 Å². The Kier molecular flexibility index (Phi) is 6.92. The summed E-state index contributed by atoms with van der Waals surface area (Å²) in [5.41, 5.74) is 3.51. The first-order chi connectivity index (χ1) is 17.7. The molecule has 2 N–H and O–H groups in total. The van der Waals surface area contributed by atoms with Crippen LogP contribution in [0.3, 0.4) is 0 Å². The summed E-state index contributed by atoms with van der Waals surface area (Å²) in [7, 11) is 1.61. The molecule has 0 bridgehead atoms. The Bertz CT molecular complexity index is 1280. The number of anilines is 1. The molecule has 0 aliphatic carbocycles. The maximum absolute atomic E-state index is 13.7. The van der Waals surface area contributed by atoms with Crippen molar-refractivity contribution in [3.05, 3.63) is 87.9 Å². The van der Waals surface area contributed by atoms with Crippen LogP contribution >= 0.6 is 11.6 Å². The molecule has 0 radical (unpaired) electrons. The van der Waals surface area contributed by atoms with Gasteiger partial charge in [-0.05, 0) is 79.4 Å². The Morgan fingerprint density at radius 3 is 2.30 bits per heavy atom. The number of carbonyl (C=O) groups excluding carboxylic acids is 1. The Labute approximate surface area is 223 Å². The fourth-order valence-corrected chi connectivity index (χ4v) is 5.34. The van der Waals surface area contributed by atoms with Crippen LogP contribution < -0.4 is 19.7 Å². The maximum Gasteiger partial charge on any atom is 0.232 e. The number of halogens is 1. The number of fused-ring (bicyclic) bond motifs is 1. The zero-order valence-electron chi connectivity index (χ0n) is 21.6. The lowest BCUT2D eigenvalue weighted by molar-refractivity contribution is -0.118. The molecule has 2 aliphatic rings. The monoisotopic (exact) mass is 520 g/mol. The van der Waals surface area contributed by atoms with Crippen molar-refractivity contribution in [1.29, 1.82) is 0 Å². The van der Waals surface area contributed by atoms with E-state index in [-0.39, 0.29) is 30.4 Å². The number of nitrogens with zero attached hydrogens (tertiary/aromatic N) is 1. The maximum atomic E-state index is 13.7. The third kappa shape index (κ3) is 4.81. The summed E-state index contributed by atoms with van der Waals surface area (Å²) in [6.45, 7) is 7.39. The second-order valence-corrected chi connectivity index (χ2v) is 10.7. The average molecular weight is 521 g/mol. The van der Waals surface area contributed by atoms with Gasteiger partial charge in [-0.2, -0.15) is 0 Å². The fraction of sp³-hybridized carbons (Fsp3) is 0.367. The summed E-state index contributed by atoms with van der Waals surface area (Å²) in [6, 6.07) is 18.8. The van der Waals surface area contributed by atoms with E-state index in [1.807, 2.05) is 86.3 Å². The van der Waals surface area contributed by atoms with Crippen LogP contribution in [0.25, 0.3) is 0 Å². The average Bonchev–Trinajstić information content (AvgIpc) is 2.82. The van der Waals surface area contributed by atoms with E-state index in [0.717, 1.165) is 41.0 Å². The van der Waals surface area contributed by atoms with Gasteiger partial charge in [0.25, 0.3) is 0 Å². The molecule has 1 amide bonds. The van der Waals surface area contributed by atoms with E-state index in [0.29, 0.717) is 16.5 Å². The third-order valence-corrected chi connectivity index (χ3v) is 7.70. The molecule has 2 atom stereocenters. The van der Waals surface area contributed by atoms with Crippen molar-refractivity contribution in [2.75, 3.05) is 25.1 Å². The third-order valence-electron chi connectivity index (χ3n) is 7.44. The lowest BCUT2D eigenvalue weighted by atomic mass is 9.79. The minimum absolute atomic E-state index is 0.0188. The molecule has 3 aromatic carbocycles. The lowest BCUT2D eigenvalue weighted by Gasteiger charge is -2.41. The fourth-order valence-electron chi connectivity index (χ4n) is 5.21. The minimum Gasteiger partial charge on any atom is -0.493 e. The number of methoxy groups -OCH3 is 1. The first kappa shape index (κ1) is 25.6. The van der Waals surface area contributed by atoms with E-state index < -0.39 is 5.60 Å². The quantitative estimate of drug-likeness (QED) is 0.446. The van der Waals surface area contributed by atoms with Gasteiger partial charge in [-0.1, -0.05) is 35.9 Å². The van der Waals surface area contributed by atoms with Crippen LogP contribution in [0.2, 0.25) is 5.02 Å². The summed E-state index contributed by atoms with van der Waals surface area (Å²) < 4.78 is 11.7. The van der Waals surface area contributed by atoms with Crippen LogP contribution in [0, 0.1) is 5.92 Å². The Hall–Kier alpha value is -3.06. The van der Waals surface area contributed by atoms with E-state index in [9.17, 15) is 9.90 Å². The smallest absolute Gasteiger partial charge is 0.232 e. The van der Waals surface area contributed by atoms with Crippen molar-refractivity contribution in [2.24, 2.45) is 5.92 Å². The Morgan fingerprint density at radius 1 is 1.05 bits per heavy atom. The van der Waals surface area contributed by atoms with Crippen molar-refractivity contribution in [1.82, 2.24) is 5.32 Å². The number of rotatable bonds is 7. The first-order valence-corrected chi connectivity index (χ1v) is 13.1. The molecule has 0 saturated carbocycles. The molecule has 1 fully saturated rings. The highest BCUT2D eigenvalue weighted by Crippen LogP contribution is 2.44. The van der Waals surface area contributed by atoms with Crippen LogP contribution in [-0.2, 0) is 16.8 Å². The predicted molar refractivity (Wildman–Crippen MR) is 146 cm³/mol. The second-order valence-electron chi connectivity index (χ2n) is 10.3. The minimum atomic E-state index is -0.933. The highest BCUT2D eigenvalue weighted by molar-refractivity contribution is 6.30. The van der Waals surface area contributed by atoms with Gasteiger partial charge in [0.2, 0.25) is 5.91 Å². The molecule has 3 aromatic rings. The molecule has 37 heavy (non-hydrogen) atoms. The van der Waals surface area contributed by atoms with Crippen molar-refractivity contribution in [2.45, 2.75) is 44.9 Å². The number of amides is 1. The van der Waals surface area contributed by atoms with E-state index in [1.54, 1.807) is 7.11 Å². The van der Waals surface area contributed by atoms with Crippen molar-refractivity contribution < 1.29 is 19.4 Å². The highest BCUT2D eigenvalue weighted by atomic mass is 35.5. The summed E-state index contributed by atoms with van der Waals surface area (Å²) in [5.74, 6) is 1.40. The Balaban J connectivity index is 1.61. The van der Waals surface area contributed by atoms with E-state index in [4.69, 9.17) is 21.1 Å². The largest absolute Gasteiger partial charge is 0.493 e. The number of benzene rings is 3. The SMILES string of the molecule is COc1cc2c(cc1OC(C)C)C(c1ccc(Cl)cc1)N(c1ccc(C(C)(O)C3CNC3)cc1)C(=O)C2. The van der Waals surface area contributed by atoms with Crippen LogP contribution in [0.15, 0.2) is 60.7 Å². The van der Waals surface area contributed by atoms with Crippen LogP contribution in [0.1, 0.15) is 49.1 Å². The van der Waals surface area contributed by atoms with Gasteiger partial charge in [0.1, 0.15) is 0 Å². The molecule has 2 aliphatic heterocycles. The van der Waals surface area contributed by atoms with Gasteiger partial charge < -0.3 is 24.8 Å². The summed E-state index contributed by atoms with van der Waals surface area (Å²) >= 11 is 6.21. The van der Waals surface area contributed by atoms with Crippen LogP contribution in [0.5, 0.6) is 11.5 Å². The normalized spacial score (nSPS) is 19.3. The van der Waals surface area contributed by atoms with Crippen LogP contribution in [-0.4, -0.2) is 37.3 Å². The zero-order chi connectivity index (χ0) is 26.3. The van der Waals surface area contributed by atoms with Crippen LogP contribution in [0.4, 0.5) is 5.69 Å². The molecular weight excluding hydrogens is 488 g/mol. The van der Waals surface area contributed by atoms with Gasteiger partial charge in [-0.15, -0.1) is 0 Å². The zero-order valence-corrected chi connectivity index (χ0v) is 22.4. The second kappa shape index (κ2) is 10.0. The number of carbonyl (C=O) groups is 1. The predicted octanol–water partition coefficient (Wildman–Crippen LogP) is 5.24. The topological polar surface area (TPSA) is 71.0 Å². The van der Waals surface area contributed by atoms with Crippen molar-refractivity contribution >= 4 is 23.2 Å². The molecule has 0 spiro atoms. The first-order valence-electron chi connectivity index (χ1n) is 12.7. The van der Waals surface area contributed by atoms with Crippen molar-refractivity contribution in [3.8, 4) is 11.5 Å². The number of hydrogen-bond acceptors (Lipinski definition) is 5. The number of ether oxygens (including phenoxy) is 2. The van der Waals surface area contributed by atoms with Crippen molar-refractivity contribution in [3.63, 3.8) is 0 Å². The molecule has 194 valence electrons. The van der Waals surface area contributed by atoms with E-state index in [1.165, 1.54) is 0 Å². The molecule has 2 unspecified atom stereocenters. The number of aliphatic hydroxyl groups is 1. The molecule has 7 heteroatoms.